The molecule has 3 amide bonds. The Kier molecular flexibility index (Phi) is 6.46. The quantitative estimate of drug-likeness (QED) is 0.326. The van der Waals surface area contributed by atoms with E-state index in [2.05, 4.69) is 64.3 Å². The van der Waals surface area contributed by atoms with Crippen molar-refractivity contribution in [2.75, 3.05) is 44.2 Å². The molecule has 2 fully saturated rings. The largest absolute Gasteiger partial charge is 0.371 e. The molecule has 0 unspecified atom stereocenters. The first-order chi connectivity index (χ1) is 20.3. The topological polar surface area (TPSA) is 72.7 Å². The van der Waals surface area contributed by atoms with E-state index in [4.69, 9.17) is 0 Å². The summed E-state index contributed by atoms with van der Waals surface area (Å²) in [6.07, 6.45) is 12.1. The Balaban J connectivity index is 1.21. The maximum atomic E-state index is 12.9. The van der Waals surface area contributed by atoms with Gasteiger partial charge >= 0.3 is 0 Å². The highest BCUT2D eigenvalue weighted by Crippen LogP contribution is 2.42. The third-order valence-corrected chi connectivity index (χ3v) is 12.8. The van der Waals surface area contributed by atoms with Crippen molar-refractivity contribution >= 4 is 48.0 Å². The number of carbonyl (C=O) groups excluding carboxylic acids is 3. The van der Waals surface area contributed by atoms with Gasteiger partial charge in [-0.1, -0.05) is 31.3 Å². The van der Waals surface area contributed by atoms with Gasteiger partial charge < -0.3 is 10.2 Å². The van der Waals surface area contributed by atoms with Crippen LogP contribution in [0.15, 0.2) is 83.6 Å². The van der Waals surface area contributed by atoms with E-state index < -0.39 is 8.07 Å². The summed E-state index contributed by atoms with van der Waals surface area (Å²) in [5.74, 6) is -0.914. The van der Waals surface area contributed by atoms with Crippen LogP contribution in [0, 0.1) is 0 Å². The normalized spacial score (nSPS) is 20.3. The molecule has 4 heterocycles. The smallest absolute Gasteiger partial charge is 0.253 e. The summed E-state index contributed by atoms with van der Waals surface area (Å²) in [6.45, 7) is 9.81. The van der Waals surface area contributed by atoms with Crippen molar-refractivity contribution in [3.05, 3.63) is 100 Å². The van der Waals surface area contributed by atoms with Crippen LogP contribution in [0.2, 0.25) is 13.1 Å². The van der Waals surface area contributed by atoms with E-state index in [-0.39, 0.29) is 30.8 Å². The van der Waals surface area contributed by atoms with Gasteiger partial charge in [0, 0.05) is 61.7 Å². The zero-order valence-electron chi connectivity index (χ0n) is 24.2. The highest BCUT2D eigenvalue weighted by atomic mass is 28.3. The van der Waals surface area contributed by atoms with E-state index in [9.17, 15) is 14.4 Å². The fourth-order valence-corrected chi connectivity index (χ4v) is 9.57. The Labute approximate surface area is 247 Å². The molecule has 1 aliphatic carbocycles. The van der Waals surface area contributed by atoms with E-state index >= 15 is 0 Å². The van der Waals surface area contributed by atoms with E-state index in [1.54, 1.807) is 0 Å². The fraction of sp³-hybridized carbons (Fsp3) is 0.294. The maximum Gasteiger partial charge on any atom is 0.253 e. The molecule has 0 spiro atoms. The van der Waals surface area contributed by atoms with Crippen LogP contribution in [0.4, 0.5) is 5.69 Å². The van der Waals surface area contributed by atoms with Crippen molar-refractivity contribution in [1.29, 1.82) is 0 Å². The molecule has 8 heteroatoms. The number of hydrogen-bond acceptors (Lipinski definition) is 4. The molecule has 42 heavy (non-hydrogen) atoms. The molecule has 4 aliphatic heterocycles. The monoisotopic (exact) mass is 575 g/mol. The van der Waals surface area contributed by atoms with Crippen LogP contribution >= 0.6 is 0 Å². The summed E-state index contributed by atoms with van der Waals surface area (Å²) < 4.78 is 2.47. The number of nitrogens with zero attached hydrogens (tertiary/aromatic N) is 3. The number of rotatable bonds is 6. The predicted molar refractivity (Wildman–Crippen MR) is 168 cm³/mol. The average molecular weight is 576 g/mol. The van der Waals surface area contributed by atoms with Crippen LogP contribution < -0.4 is 15.4 Å². The number of benzene rings is 2. The van der Waals surface area contributed by atoms with E-state index in [1.807, 2.05) is 24.3 Å². The molecule has 2 saturated heterocycles. The standard InChI is InChI=1S/C34H34N4O3Si/c1-42(2)29-21-25(36-16-3-17-36)9-11-27(29)33(28-12-10-26(22-30(28)42)37-18-4-19-37)23-5-7-24(8-6-23)34(41)35-15-20-38-31(39)13-14-32(38)40/h5-14,21-22H,3-4,15-20H2,1-2H3/p+1. The molecule has 7 nitrogen and oxygen atoms in total. The molecule has 2 aromatic rings. The lowest BCUT2D eigenvalue weighted by molar-refractivity contribution is -0.582. The van der Waals surface area contributed by atoms with Gasteiger partial charge in [-0.3, -0.25) is 19.3 Å². The Morgan fingerprint density at radius 2 is 1.67 bits per heavy atom. The number of anilines is 1. The van der Waals surface area contributed by atoms with Crippen molar-refractivity contribution in [1.82, 2.24) is 10.2 Å². The first-order valence-corrected chi connectivity index (χ1v) is 17.9. The van der Waals surface area contributed by atoms with Crippen molar-refractivity contribution < 1.29 is 19.0 Å². The van der Waals surface area contributed by atoms with Gasteiger partial charge in [-0.05, 0) is 69.4 Å². The molecule has 2 aromatic carbocycles. The number of fused-ring (bicyclic) bond motifs is 2. The summed E-state index contributed by atoms with van der Waals surface area (Å²) in [4.78, 5) is 40.0. The lowest BCUT2D eigenvalue weighted by Gasteiger charge is -2.40. The number of hydrogen-bond donors (Lipinski definition) is 1. The van der Waals surface area contributed by atoms with Crippen LogP contribution in [0.1, 0.15) is 34.3 Å². The van der Waals surface area contributed by atoms with Gasteiger partial charge in [0.2, 0.25) is 0 Å². The predicted octanol–water partition coefficient (Wildman–Crippen LogP) is 3.18. The van der Waals surface area contributed by atoms with Crippen LogP contribution in [0.25, 0.3) is 5.57 Å². The molecule has 0 bridgehead atoms. The zero-order chi connectivity index (χ0) is 29.0. The minimum Gasteiger partial charge on any atom is -0.371 e. The molecular formula is C34H35N4O3Si+. The second-order valence-electron chi connectivity index (χ2n) is 12.1. The minimum atomic E-state index is -2.00. The molecule has 212 valence electrons. The van der Waals surface area contributed by atoms with Crippen LogP contribution in [0.3, 0.4) is 0 Å². The number of nitrogens with one attached hydrogen (secondary N) is 1. The molecule has 0 saturated carbocycles. The first-order valence-electron chi connectivity index (χ1n) is 14.9. The Bertz CT molecular complexity index is 1670. The highest BCUT2D eigenvalue weighted by Gasteiger charge is 2.41. The van der Waals surface area contributed by atoms with E-state index in [0.717, 1.165) is 36.6 Å². The van der Waals surface area contributed by atoms with Crippen LogP contribution in [-0.2, 0) is 9.59 Å². The van der Waals surface area contributed by atoms with Gasteiger partial charge in [0.05, 0.1) is 6.42 Å². The summed E-state index contributed by atoms with van der Waals surface area (Å²) >= 11 is 0. The van der Waals surface area contributed by atoms with Crippen LogP contribution in [0.5, 0.6) is 0 Å². The first kappa shape index (κ1) is 26.6. The van der Waals surface area contributed by atoms with Crippen molar-refractivity contribution in [3.8, 4) is 0 Å². The van der Waals surface area contributed by atoms with Crippen molar-refractivity contribution in [3.63, 3.8) is 0 Å². The van der Waals surface area contributed by atoms with E-state index in [0.29, 0.717) is 5.56 Å². The molecular weight excluding hydrogens is 540 g/mol. The fourth-order valence-electron chi connectivity index (χ4n) is 6.50. The van der Waals surface area contributed by atoms with Gasteiger partial charge in [0.25, 0.3) is 17.7 Å². The highest BCUT2D eigenvalue weighted by molar-refractivity contribution is 6.98. The van der Waals surface area contributed by atoms with Crippen LogP contribution in [-0.4, -0.2) is 80.3 Å². The number of allylic oxidation sites excluding steroid dienone is 5. The lowest BCUT2D eigenvalue weighted by Crippen LogP contribution is -2.50. The summed E-state index contributed by atoms with van der Waals surface area (Å²) in [5, 5.41) is 5.78. The molecule has 0 atom stereocenters. The molecule has 1 N–H and O–H groups in total. The molecule has 5 aliphatic rings. The number of carbonyl (C=O) groups is 3. The second kappa shape index (κ2) is 10.2. The maximum absolute atomic E-state index is 12.9. The van der Waals surface area contributed by atoms with Crippen molar-refractivity contribution in [2.45, 2.75) is 25.9 Å². The van der Waals surface area contributed by atoms with Gasteiger partial charge in [-0.2, -0.15) is 0 Å². The Hall–Kier alpha value is -4.30. The minimum absolute atomic E-state index is 0.151. The third kappa shape index (κ3) is 4.41. The third-order valence-electron chi connectivity index (χ3n) is 9.29. The van der Waals surface area contributed by atoms with Gasteiger partial charge in [-0.25, -0.2) is 4.58 Å². The molecule has 0 radical (unpaired) electrons. The van der Waals surface area contributed by atoms with Gasteiger partial charge in [0.1, 0.15) is 21.2 Å². The average Bonchev–Trinajstić information content (AvgIpc) is 3.24. The van der Waals surface area contributed by atoms with Gasteiger partial charge in [0.15, 0.2) is 5.71 Å². The number of amides is 3. The summed E-state index contributed by atoms with van der Waals surface area (Å²) in [6, 6.07) is 14.9. The molecule has 0 aromatic heterocycles. The Morgan fingerprint density at radius 3 is 2.31 bits per heavy atom. The van der Waals surface area contributed by atoms with E-state index in [1.165, 1.54) is 63.5 Å². The second-order valence-corrected chi connectivity index (χ2v) is 16.5. The molecule has 7 rings (SSSR count). The summed E-state index contributed by atoms with van der Waals surface area (Å²) in [7, 11) is -2.00. The Morgan fingerprint density at radius 1 is 0.929 bits per heavy atom. The lowest BCUT2D eigenvalue weighted by atomic mass is 9.89. The summed E-state index contributed by atoms with van der Waals surface area (Å²) in [5.41, 5.74) is 8.10. The SMILES string of the molecule is C[Si]1(C)C2=CC(=[N+]3CCC3)C=CC2=C(c2ccc(C(=O)NCCN3C(=O)C=CC3=O)cc2)c2ccc(N3CCC3)cc21. The van der Waals surface area contributed by atoms with Gasteiger partial charge in [-0.15, -0.1) is 0 Å². The van der Waals surface area contributed by atoms with Crippen molar-refractivity contribution in [2.24, 2.45) is 0 Å². The zero-order valence-corrected chi connectivity index (χ0v) is 25.2. The number of imide groups is 1.